The molecule has 19 heavy (non-hydrogen) atoms. The molecule has 0 aliphatic rings. The quantitative estimate of drug-likeness (QED) is 0.775. The van der Waals surface area contributed by atoms with E-state index < -0.39 is 24.5 Å². The van der Waals surface area contributed by atoms with E-state index in [1.807, 2.05) is 0 Å². The molecule has 1 atom stereocenters. The second-order valence-corrected chi connectivity index (χ2v) is 4.01. The number of benzene rings is 1. The van der Waals surface area contributed by atoms with E-state index in [1.165, 1.54) is 19.2 Å². The van der Waals surface area contributed by atoms with Crippen molar-refractivity contribution < 1.29 is 24.2 Å². The topological polar surface area (TPSA) is 84.9 Å². The Morgan fingerprint density at radius 3 is 2.63 bits per heavy atom. The number of halogens is 1. The minimum absolute atomic E-state index is 0.164. The Hall–Kier alpha value is -1.79. The summed E-state index contributed by atoms with van der Waals surface area (Å²) in [6.07, 6.45) is 0. The van der Waals surface area contributed by atoms with Crippen molar-refractivity contribution in [1.29, 1.82) is 0 Å². The number of aliphatic hydroxyl groups is 1. The number of methoxy groups -OCH3 is 2. The molecular weight excluding hydrogens is 274 g/mol. The molecular formula is C12H14ClNO5. The van der Waals surface area contributed by atoms with Crippen LogP contribution in [0.1, 0.15) is 10.4 Å². The fraction of sp³-hybridized carbons (Fsp3) is 0.333. The van der Waals surface area contributed by atoms with E-state index in [0.717, 1.165) is 7.11 Å². The maximum Gasteiger partial charge on any atom is 0.330 e. The molecule has 0 radical (unpaired) electrons. The van der Waals surface area contributed by atoms with Crippen LogP contribution in [0.25, 0.3) is 0 Å². The molecule has 0 aliphatic carbocycles. The monoisotopic (exact) mass is 287 g/mol. The maximum atomic E-state index is 12.0. The molecule has 1 aromatic carbocycles. The largest absolute Gasteiger partial charge is 0.496 e. The number of rotatable bonds is 5. The van der Waals surface area contributed by atoms with Crippen LogP contribution in [0.5, 0.6) is 5.75 Å². The van der Waals surface area contributed by atoms with Crippen LogP contribution < -0.4 is 10.1 Å². The van der Waals surface area contributed by atoms with Crippen LogP contribution in [-0.4, -0.2) is 43.9 Å². The summed E-state index contributed by atoms with van der Waals surface area (Å²) in [5.74, 6) is -1.02. The van der Waals surface area contributed by atoms with Gasteiger partial charge in [-0.25, -0.2) is 4.79 Å². The minimum atomic E-state index is -1.14. The van der Waals surface area contributed by atoms with Crippen LogP contribution in [0, 0.1) is 0 Å². The van der Waals surface area contributed by atoms with Gasteiger partial charge in [-0.1, -0.05) is 11.6 Å². The van der Waals surface area contributed by atoms with Gasteiger partial charge in [0.1, 0.15) is 5.75 Å². The van der Waals surface area contributed by atoms with Gasteiger partial charge in [0.2, 0.25) is 0 Å². The van der Waals surface area contributed by atoms with Crippen LogP contribution in [0.4, 0.5) is 0 Å². The van der Waals surface area contributed by atoms with Crippen molar-refractivity contribution in [1.82, 2.24) is 5.32 Å². The zero-order chi connectivity index (χ0) is 14.4. The molecule has 0 aromatic heterocycles. The Morgan fingerprint density at radius 1 is 1.42 bits per heavy atom. The summed E-state index contributed by atoms with van der Waals surface area (Å²) in [5, 5.41) is 11.7. The second kappa shape index (κ2) is 6.96. The lowest BCUT2D eigenvalue weighted by Gasteiger charge is -2.15. The van der Waals surface area contributed by atoms with Crippen molar-refractivity contribution in [2.45, 2.75) is 6.04 Å². The Labute approximate surface area is 115 Å². The average molecular weight is 288 g/mol. The molecule has 2 N–H and O–H groups in total. The zero-order valence-corrected chi connectivity index (χ0v) is 11.2. The van der Waals surface area contributed by atoms with Crippen LogP contribution >= 0.6 is 11.6 Å². The predicted molar refractivity (Wildman–Crippen MR) is 68.4 cm³/mol. The third kappa shape index (κ3) is 3.84. The molecule has 0 saturated carbocycles. The number of hydrogen-bond donors (Lipinski definition) is 2. The number of nitrogens with one attached hydrogen (secondary N) is 1. The highest BCUT2D eigenvalue weighted by Gasteiger charge is 2.23. The standard InChI is InChI=1S/C12H14ClNO5/c1-18-10-4-3-7(13)5-8(10)11(16)14-9(6-15)12(17)19-2/h3-5,9,15H,6H2,1-2H3,(H,14,16). The first kappa shape index (κ1) is 15.3. The van der Waals surface area contributed by atoms with Gasteiger partial charge in [0.25, 0.3) is 5.91 Å². The van der Waals surface area contributed by atoms with Gasteiger partial charge in [-0.05, 0) is 18.2 Å². The average Bonchev–Trinajstić information content (AvgIpc) is 2.43. The highest BCUT2D eigenvalue weighted by Crippen LogP contribution is 2.22. The van der Waals surface area contributed by atoms with Gasteiger partial charge < -0.3 is 19.9 Å². The van der Waals surface area contributed by atoms with Gasteiger partial charge in [0.05, 0.1) is 26.4 Å². The van der Waals surface area contributed by atoms with Crippen molar-refractivity contribution in [3.63, 3.8) is 0 Å². The molecule has 1 amide bonds. The number of amides is 1. The van der Waals surface area contributed by atoms with Crippen LogP contribution in [-0.2, 0) is 9.53 Å². The first-order valence-corrected chi connectivity index (χ1v) is 5.74. The molecule has 0 fully saturated rings. The van der Waals surface area contributed by atoms with Gasteiger partial charge in [0, 0.05) is 5.02 Å². The van der Waals surface area contributed by atoms with Crippen molar-refractivity contribution in [3.05, 3.63) is 28.8 Å². The Kier molecular flexibility index (Phi) is 5.59. The molecule has 7 heteroatoms. The van der Waals surface area contributed by atoms with Crippen molar-refractivity contribution >= 4 is 23.5 Å². The Morgan fingerprint density at radius 2 is 2.11 bits per heavy atom. The number of aliphatic hydroxyl groups excluding tert-OH is 1. The minimum Gasteiger partial charge on any atom is -0.496 e. The van der Waals surface area contributed by atoms with Gasteiger partial charge >= 0.3 is 5.97 Å². The lowest BCUT2D eigenvalue weighted by Crippen LogP contribution is -2.44. The molecule has 6 nitrogen and oxygen atoms in total. The van der Waals surface area contributed by atoms with Gasteiger partial charge in [-0.3, -0.25) is 4.79 Å². The van der Waals surface area contributed by atoms with Gasteiger partial charge in [0.15, 0.2) is 6.04 Å². The SMILES string of the molecule is COC(=O)C(CO)NC(=O)c1cc(Cl)ccc1OC. The molecule has 1 rings (SSSR count). The van der Waals surface area contributed by atoms with E-state index >= 15 is 0 Å². The van der Waals surface area contributed by atoms with Crippen LogP contribution in [0.3, 0.4) is 0 Å². The summed E-state index contributed by atoms with van der Waals surface area (Å²) in [4.78, 5) is 23.3. The van der Waals surface area contributed by atoms with E-state index in [9.17, 15) is 9.59 Å². The van der Waals surface area contributed by atoms with E-state index in [1.54, 1.807) is 6.07 Å². The molecule has 104 valence electrons. The number of hydrogen-bond acceptors (Lipinski definition) is 5. The van der Waals surface area contributed by atoms with E-state index in [2.05, 4.69) is 10.1 Å². The zero-order valence-electron chi connectivity index (χ0n) is 10.5. The van der Waals surface area contributed by atoms with Crippen LogP contribution in [0.15, 0.2) is 18.2 Å². The third-order valence-electron chi connectivity index (χ3n) is 2.38. The van der Waals surface area contributed by atoms with Gasteiger partial charge in [-0.2, -0.15) is 0 Å². The lowest BCUT2D eigenvalue weighted by molar-refractivity contribution is -0.143. The molecule has 0 heterocycles. The van der Waals surface area contributed by atoms with E-state index in [4.69, 9.17) is 21.4 Å². The highest BCUT2D eigenvalue weighted by atomic mass is 35.5. The lowest BCUT2D eigenvalue weighted by atomic mass is 10.1. The maximum absolute atomic E-state index is 12.0. The summed E-state index contributed by atoms with van der Waals surface area (Å²) >= 11 is 5.80. The number of carbonyl (C=O) groups excluding carboxylic acids is 2. The summed E-state index contributed by atoms with van der Waals surface area (Å²) in [6.45, 7) is -0.568. The number of ether oxygens (including phenoxy) is 2. The fourth-order valence-electron chi connectivity index (χ4n) is 1.42. The van der Waals surface area contributed by atoms with Crippen molar-refractivity contribution in [2.75, 3.05) is 20.8 Å². The van der Waals surface area contributed by atoms with Gasteiger partial charge in [-0.15, -0.1) is 0 Å². The second-order valence-electron chi connectivity index (χ2n) is 3.58. The van der Waals surface area contributed by atoms with Crippen molar-refractivity contribution in [3.8, 4) is 5.75 Å². The normalized spacial score (nSPS) is 11.6. The first-order chi connectivity index (χ1) is 9.03. The number of esters is 1. The molecule has 0 saturated heterocycles. The van der Waals surface area contributed by atoms with Crippen molar-refractivity contribution in [2.24, 2.45) is 0 Å². The molecule has 1 unspecified atom stereocenters. The molecule has 0 aliphatic heterocycles. The fourth-order valence-corrected chi connectivity index (χ4v) is 1.59. The summed E-state index contributed by atoms with van der Waals surface area (Å²) in [6, 6.07) is 3.37. The first-order valence-electron chi connectivity index (χ1n) is 5.36. The summed E-state index contributed by atoms with van der Waals surface area (Å²) < 4.78 is 9.47. The number of carbonyl (C=O) groups is 2. The van der Waals surface area contributed by atoms with E-state index in [-0.39, 0.29) is 5.56 Å². The summed E-state index contributed by atoms with van der Waals surface area (Å²) in [7, 11) is 2.57. The third-order valence-corrected chi connectivity index (χ3v) is 2.61. The Bertz CT molecular complexity index is 477. The smallest absolute Gasteiger partial charge is 0.330 e. The molecule has 0 spiro atoms. The van der Waals surface area contributed by atoms with E-state index in [0.29, 0.717) is 10.8 Å². The van der Waals surface area contributed by atoms with Crippen LogP contribution in [0.2, 0.25) is 5.02 Å². The predicted octanol–water partition coefficient (Wildman–Crippen LogP) is 0.612. The highest BCUT2D eigenvalue weighted by molar-refractivity contribution is 6.31. The molecule has 0 bridgehead atoms. The molecule has 1 aromatic rings. The Balaban J connectivity index is 2.94. The summed E-state index contributed by atoms with van der Waals surface area (Å²) in [5.41, 5.74) is 0.164.